The lowest BCUT2D eigenvalue weighted by molar-refractivity contribution is -0.181. The molecule has 1 spiro atoms. The quantitative estimate of drug-likeness (QED) is 0.542. The third-order valence-electron chi connectivity index (χ3n) is 7.86. The first kappa shape index (κ1) is 22.6. The van der Waals surface area contributed by atoms with Gasteiger partial charge in [0.05, 0.1) is 18.6 Å². The zero-order valence-corrected chi connectivity index (χ0v) is 18.8. The van der Waals surface area contributed by atoms with Gasteiger partial charge in [-0.1, -0.05) is 13.8 Å². The van der Waals surface area contributed by atoms with Crippen LogP contribution in [-0.2, 0) is 28.6 Å². The molecule has 8 heteroatoms. The fourth-order valence-corrected chi connectivity index (χ4v) is 6.26. The van der Waals surface area contributed by atoms with Gasteiger partial charge in [0.2, 0.25) is 0 Å². The molecule has 8 nitrogen and oxygen atoms in total. The molecule has 3 aliphatic rings. The van der Waals surface area contributed by atoms with E-state index in [9.17, 15) is 19.5 Å². The number of carbonyl (C=O) groups is 3. The molecular formula is C24H30O8. The van der Waals surface area contributed by atoms with Crippen molar-refractivity contribution in [3.05, 3.63) is 35.8 Å². The smallest absolute Gasteiger partial charge is 0.334 e. The number of aliphatic hydroxyl groups is 1. The maximum Gasteiger partial charge on any atom is 0.334 e. The van der Waals surface area contributed by atoms with E-state index >= 15 is 0 Å². The predicted octanol–water partition coefficient (Wildman–Crippen LogP) is 3.10. The molecule has 1 aliphatic heterocycles. The summed E-state index contributed by atoms with van der Waals surface area (Å²) in [5.41, 5.74) is -0.108. The summed E-state index contributed by atoms with van der Waals surface area (Å²) in [6.07, 6.45) is 4.18. The molecule has 0 amide bonds. The molecule has 174 valence electrons. The molecule has 32 heavy (non-hydrogen) atoms. The van der Waals surface area contributed by atoms with Crippen LogP contribution in [0, 0.1) is 22.7 Å². The average molecular weight is 446 g/mol. The molecule has 7 unspecified atom stereocenters. The largest absolute Gasteiger partial charge is 0.472 e. The van der Waals surface area contributed by atoms with Gasteiger partial charge in [-0.05, 0) is 48.7 Å². The van der Waals surface area contributed by atoms with Crippen molar-refractivity contribution in [2.24, 2.45) is 22.7 Å². The maximum atomic E-state index is 12.7. The first-order valence-corrected chi connectivity index (χ1v) is 11.0. The fraction of sp³-hybridized carbons (Fsp3) is 0.625. The van der Waals surface area contributed by atoms with Gasteiger partial charge in [-0.15, -0.1) is 0 Å². The topological polar surface area (TPSA) is 112 Å². The Morgan fingerprint density at radius 3 is 2.62 bits per heavy atom. The van der Waals surface area contributed by atoms with E-state index in [1.807, 2.05) is 6.92 Å². The van der Waals surface area contributed by atoms with E-state index in [-0.39, 0.29) is 24.4 Å². The van der Waals surface area contributed by atoms with Gasteiger partial charge in [0.25, 0.3) is 0 Å². The summed E-state index contributed by atoms with van der Waals surface area (Å²) >= 11 is 0. The molecule has 2 fully saturated rings. The first-order valence-electron chi connectivity index (χ1n) is 11.0. The van der Waals surface area contributed by atoms with Crippen LogP contribution in [-0.4, -0.2) is 41.8 Å². The molecule has 1 saturated heterocycles. The van der Waals surface area contributed by atoms with Crippen molar-refractivity contribution in [3.8, 4) is 0 Å². The van der Waals surface area contributed by atoms with Crippen LogP contribution >= 0.6 is 0 Å². The Morgan fingerprint density at radius 2 is 2.00 bits per heavy atom. The second kappa shape index (κ2) is 8.06. The second-order valence-electron chi connectivity index (χ2n) is 9.67. The van der Waals surface area contributed by atoms with Crippen LogP contribution in [0.3, 0.4) is 0 Å². The molecule has 7 atom stereocenters. The highest BCUT2D eigenvalue weighted by Gasteiger charge is 2.65. The van der Waals surface area contributed by atoms with E-state index in [1.165, 1.54) is 26.4 Å². The SMILES string of the molecule is CC(=O)OC1C=C2C(=O)OCC23CC(OC(C)=O)C(C)C(C)(CC(O)c2ccoc2)C3C1. The van der Waals surface area contributed by atoms with Crippen molar-refractivity contribution in [2.45, 2.75) is 65.3 Å². The Hall–Kier alpha value is -2.61. The van der Waals surface area contributed by atoms with E-state index in [1.54, 1.807) is 12.1 Å². The summed E-state index contributed by atoms with van der Waals surface area (Å²) in [6.45, 7) is 6.96. The van der Waals surface area contributed by atoms with Crippen molar-refractivity contribution < 1.29 is 38.1 Å². The number of hydrogen-bond donors (Lipinski definition) is 1. The Labute approximate surface area is 186 Å². The van der Waals surface area contributed by atoms with Gasteiger partial charge in [-0.25, -0.2) is 4.79 Å². The van der Waals surface area contributed by atoms with Gasteiger partial charge in [0.1, 0.15) is 18.8 Å². The predicted molar refractivity (Wildman–Crippen MR) is 111 cm³/mol. The lowest BCUT2D eigenvalue weighted by atomic mass is 9.45. The zero-order chi connectivity index (χ0) is 23.3. The van der Waals surface area contributed by atoms with Gasteiger partial charge < -0.3 is 23.7 Å². The number of furan rings is 1. The highest BCUT2D eigenvalue weighted by atomic mass is 16.6. The lowest BCUT2D eigenvalue weighted by Gasteiger charge is -2.59. The van der Waals surface area contributed by atoms with Crippen molar-refractivity contribution >= 4 is 17.9 Å². The number of aliphatic hydroxyl groups excluding tert-OH is 1. The Balaban J connectivity index is 1.79. The number of esters is 3. The minimum absolute atomic E-state index is 0.128. The van der Waals surface area contributed by atoms with Crippen LogP contribution in [0.4, 0.5) is 0 Å². The highest BCUT2D eigenvalue weighted by Crippen LogP contribution is 2.65. The maximum absolute atomic E-state index is 12.7. The lowest BCUT2D eigenvalue weighted by Crippen LogP contribution is -2.59. The van der Waals surface area contributed by atoms with Crippen molar-refractivity contribution in [3.63, 3.8) is 0 Å². The Bertz CT molecular complexity index is 934. The minimum atomic E-state index is -0.811. The zero-order valence-electron chi connectivity index (χ0n) is 18.8. The number of carbonyl (C=O) groups excluding carboxylic acids is 3. The van der Waals surface area contributed by atoms with Gasteiger partial charge in [-0.2, -0.15) is 0 Å². The van der Waals surface area contributed by atoms with Gasteiger partial charge in [0.15, 0.2) is 0 Å². The van der Waals surface area contributed by atoms with Crippen LogP contribution < -0.4 is 0 Å². The molecule has 1 aromatic heterocycles. The summed E-state index contributed by atoms with van der Waals surface area (Å²) in [4.78, 5) is 36.3. The van der Waals surface area contributed by atoms with E-state index in [0.29, 0.717) is 30.4 Å². The summed E-state index contributed by atoms with van der Waals surface area (Å²) in [7, 11) is 0. The van der Waals surface area contributed by atoms with Gasteiger partial charge >= 0.3 is 17.9 Å². The van der Waals surface area contributed by atoms with E-state index in [4.69, 9.17) is 18.6 Å². The van der Waals surface area contributed by atoms with Gasteiger partial charge in [0, 0.05) is 30.4 Å². The number of cyclic esters (lactones) is 1. The van der Waals surface area contributed by atoms with Crippen LogP contribution in [0.25, 0.3) is 0 Å². The van der Waals surface area contributed by atoms with Crippen molar-refractivity contribution in [1.82, 2.24) is 0 Å². The standard InChI is InChI=1S/C24H30O8/c1-13-20(32-15(3)26)10-24-12-30-22(28)18(24)7-17(31-14(2)25)8-21(24)23(13,4)9-19(27)16-5-6-29-11-16/h5-7,11,13,17,19-21,27H,8-10,12H2,1-4H3. The Kier molecular flexibility index (Phi) is 5.69. The second-order valence-corrected chi connectivity index (χ2v) is 9.67. The molecular weight excluding hydrogens is 416 g/mol. The van der Waals surface area contributed by atoms with Crippen LogP contribution in [0.5, 0.6) is 0 Å². The minimum Gasteiger partial charge on any atom is -0.472 e. The fourth-order valence-electron chi connectivity index (χ4n) is 6.26. The molecule has 1 saturated carbocycles. The monoisotopic (exact) mass is 446 g/mol. The Morgan fingerprint density at radius 1 is 1.28 bits per heavy atom. The average Bonchev–Trinajstić information content (AvgIpc) is 3.34. The molecule has 0 aromatic carbocycles. The van der Waals surface area contributed by atoms with Gasteiger partial charge in [-0.3, -0.25) is 9.59 Å². The molecule has 2 aliphatic carbocycles. The third kappa shape index (κ3) is 3.64. The molecule has 1 N–H and O–H groups in total. The highest BCUT2D eigenvalue weighted by molar-refractivity contribution is 5.93. The van der Waals surface area contributed by atoms with E-state index in [2.05, 4.69) is 6.92 Å². The molecule has 0 bridgehead atoms. The third-order valence-corrected chi connectivity index (χ3v) is 7.86. The first-order chi connectivity index (χ1) is 15.1. The van der Waals surface area contributed by atoms with Crippen molar-refractivity contribution in [2.75, 3.05) is 6.61 Å². The van der Waals surface area contributed by atoms with E-state index < -0.39 is 41.1 Å². The molecule has 2 heterocycles. The van der Waals surface area contributed by atoms with E-state index in [0.717, 1.165) is 0 Å². The molecule has 1 aromatic rings. The molecule has 0 radical (unpaired) electrons. The van der Waals surface area contributed by atoms with Crippen molar-refractivity contribution in [1.29, 1.82) is 0 Å². The summed E-state index contributed by atoms with van der Waals surface area (Å²) in [6, 6.07) is 1.72. The molecule has 4 rings (SSSR count). The normalized spacial score (nSPS) is 36.9. The number of rotatable bonds is 5. The summed E-state index contributed by atoms with van der Waals surface area (Å²) in [5, 5.41) is 11.0. The summed E-state index contributed by atoms with van der Waals surface area (Å²) < 4.78 is 21.9. The summed E-state index contributed by atoms with van der Waals surface area (Å²) in [5.74, 6) is -1.52. The number of ether oxygens (including phenoxy) is 3. The number of hydrogen-bond acceptors (Lipinski definition) is 8. The van der Waals surface area contributed by atoms with Crippen LogP contribution in [0.1, 0.15) is 58.6 Å². The van der Waals surface area contributed by atoms with Crippen LogP contribution in [0.2, 0.25) is 0 Å². The van der Waals surface area contributed by atoms with Crippen LogP contribution in [0.15, 0.2) is 34.7 Å².